The van der Waals surface area contributed by atoms with Crippen molar-refractivity contribution in [2.24, 2.45) is 0 Å². The minimum absolute atomic E-state index is 0.0460. The number of aromatic nitrogens is 2. The molecule has 2 aromatic heterocycles. The van der Waals surface area contributed by atoms with Gasteiger partial charge in [-0.1, -0.05) is 12.1 Å². The van der Waals surface area contributed by atoms with Crippen LogP contribution in [0.4, 0.5) is 19.7 Å². The molecule has 9 nitrogen and oxygen atoms in total. The van der Waals surface area contributed by atoms with Crippen molar-refractivity contribution in [3.63, 3.8) is 0 Å². The molecule has 0 aliphatic carbocycles. The third-order valence-corrected chi connectivity index (χ3v) is 6.97. The first-order valence-corrected chi connectivity index (χ1v) is 13.1. The smallest absolute Gasteiger partial charge is 0.296 e. The number of fused-ring (bicyclic) bond motifs is 1. The predicted octanol–water partition coefficient (Wildman–Crippen LogP) is 3.81. The highest BCUT2D eigenvalue weighted by Crippen LogP contribution is 2.35. The molecule has 4 heterocycles. The van der Waals surface area contributed by atoms with Gasteiger partial charge in [0.25, 0.3) is 11.8 Å². The van der Waals surface area contributed by atoms with Gasteiger partial charge in [0.05, 0.1) is 31.1 Å². The fourth-order valence-corrected chi connectivity index (χ4v) is 5.25. The maximum absolute atomic E-state index is 14.1. The number of nitrogens with one attached hydrogen (secondary N) is 2. The summed E-state index contributed by atoms with van der Waals surface area (Å²) >= 11 is 1.24. The average Bonchev–Trinajstić information content (AvgIpc) is 3.35. The molecule has 0 radical (unpaired) electrons. The number of nitrogens with zero attached hydrogens (tertiary/aromatic N) is 3. The highest BCUT2D eigenvalue weighted by Gasteiger charge is 2.38. The summed E-state index contributed by atoms with van der Waals surface area (Å²) in [6.45, 7) is 4.55. The molecular formula is C26H27F2N5O4S. The number of hydrogen-bond donors (Lipinski definition) is 2. The largest absolute Gasteiger partial charge is 0.372 e. The number of amides is 2. The van der Waals surface area contributed by atoms with E-state index in [4.69, 9.17) is 14.5 Å². The lowest BCUT2D eigenvalue weighted by Gasteiger charge is -2.36. The molecule has 2 amide bonds. The fraction of sp³-hybridized carbons (Fsp3) is 0.385. The van der Waals surface area contributed by atoms with Crippen LogP contribution in [0, 0.1) is 0 Å². The molecule has 0 spiro atoms. The molecule has 2 N–H and O–H groups in total. The first-order chi connectivity index (χ1) is 18.2. The number of benzene rings is 1. The molecule has 1 fully saturated rings. The Kier molecular flexibility index (Phi) is 7.37. The number of thiazole rings is 1. The third-order valence-electron chi connectivity index (χ3n) is 6.21. The number of anilines is 2. The van der Waals surface area contributed by atoms with E-state index in [1.165, 1.54) is 23.5 Å². The van der Waals surface area contributed by atoms with Crippen LogP contribution in [0.3, 0.4) is 0 Å². The van der Waals surface area contributed by atoms with Crippen LogP contribution in [0.25, 0.3) is 11.4 Å². The van der Waals surface area contributed by atoms with Crippen LogP contribution in [0.2, 0.25) is 0 Å². The second-order valence-corrected chi connectivity index (χ2v) is 10.2. The van der Waals surface area contributed by atoms with Crippen molar-refractivity contribution in [1.82, 2.24) is 15.3 Å². The normalized spacial score (nSPS) is 20.5. The number of morpholine rings is 1. The van der Waals surface area contributed by atoms with E-state index in [1.807, 2.05) is 32.0 Å². The molecule has 1 aromatic carbocycles. The zero-order chi connectivity index (χ0) is 26.9. The highest BCUT2D eigenvalue weighted by molar-refractivity contribution is 7.14. The van der Waals surface area contributed by atoms with Crippen molar-refractivity contribution in [3.05, 3.63) is 58.5 Å². The van der Waals surface area contributed by atoms with Crippen LogP contribution >= 0.6 is 11.3 Å². The monoisotopic (exact) mass is 543 g/mol. The van der Waals surface area contributed by atoms with Crippen LogP contribution in [-0.2, 0) is 26.8 Å². The van der Waals surface area contributed by atoms with E-state index in [9.17, 15) is 18.4 Å². The van der Waals surface area contributed by atoms with Crippen molar-refractivity contribution in [3.8, 4) is 11.4 Å². The number of halogens is 2. The molecule has 5 rings (SSSR count). The van der Waals surface area contributed by atoms with E-state index in [-0.39, 0.29) is 36.5 Å². The molecular weight excluding hydrogens is 516 g/mol. The molecule has 3 aromatic rings. The minimum atomic E-state index is -3.17. The Morgan fingerprint density at radius 2 is 1.92 bits per heavy atom. The number of carbonyl (C=O) groups is 2. The Hall–Kier alpha value is -3.48. The molecule has 12 heteroatoms. The Morgan fingerprint density at radius 3 is 2.71 bits per heavy atom. The number of pyridine rings is 1. The van der Waals surface area contributed by atoms with E-state index in [1.54, 1.807) is 5.38 Å². The molecule has 2 atom stereocenters. The van der Waals surface area contributed by atoms with E-state index in [0.29, 0.717) is 22.1 Å². The second-order valence-electron chi connectivity index (χ2n) is 9.38. The Labute approximate surface area is 222 Å². The molecule has 0 unspecified atom stereocenters. The Balaban J connectivity index is 1.18. The zero-order valence-electron chi connectivity index (χ0n) is 20.9. The molecule has 200 valence electrons. The van der Waals surface area contributed by atoms with Gasteiger partial charge in [-0.2, -0.15) is 8.78 Å². The van der Waals surface area contributed by atoms with Gasteiger partial charge in [0.1, 0.15) is 18.1 Å². The molecule has 2 aliphatic rings. The Morgan fingerprint density at radius 1 is 1.13 bits per heavy atom. The van der Waals surface area contributed by atoms with Gasteiger partial charge < -0.3 is 25.0 Å². The van der Waals surface area contributed by atoms with Crippen molar-refractivity contribution >= 4 is 34.1 Å². The van der Waals surface area contributed by atoms with Crippen LogP contribution in [-0.4, -0.2) is 60.2 Å². The van der Waals surface area contributed by atoms with Gasteiger partial charge in [0.2, 0.25) is 5.91 Å². The van der Waals surface area contributed by atoms with Gasteiger partial charge in [0.15, 0.2) is 5.13 Å². The van der Waals surface area contributed by atoms with E-state index < -0.39 is 24.3 Å². The lowest BCUT2D eigenvalue weighted by molar-refractivity contribution is -0.115. The van der Waals surface area contributed by atoms with Gasteiger partial charge in [-0.05, 0) is 43.7 Å². The summed E-state index contributed by atoms with van der Waals surface area (Å²) in [6.07, 6.45) is 0.210. The molecule has 2 aliphatic heterocycles. The maximum atomic E-state index is 14.1. The first kappa shape index (κ1) is 26.1. The molecule has 1 saturated heterocycles. The summed E-state index contributed by atoms with van der Waals surface area (Å²) in [7, 11) is 0. The Bertz CT molecular complexity index is 1340. The first-order valence-electron chi connectivity index (χ1n) is 12.2. The summed E-state index contributed by atoms with van der Waals surface area (Å²) in [4.78, 5) is 36.3. The highest BCUT2D eigenvalue weighted by atomic mass is 32.1. The van der Waals surface area contributed by atoms with Crippen molar-refractivity contribution < 1.29 is 27.8 Å². The number of alkyl halides is 2. The van der Waals surface area contributed by atoms with Crippen molar-refractivity contribution in [1.29, 1.82) is 0 Å². The van der Waals surface area contributed by atoms with Gasteiger partial charge >= 0.3 is 0 Å². The maximum Gasteiger partial charge on any atom is 0.296 e. The van der Waals surface area contributed by atoms with E-state index in [2.05, 4.69) is 20.5 Å². The van der Waals surface area contributed by atoms with Crippen LogP contribution in [0.1, 0.15) is 35.3 Å². The topological polar surface area (TPSA) is 106 Å². The van der Waals surface area contributed by atoms with Crippen molar-refractivity contribution in [2.75, 3.05) is 36.5 Å². The van der Waals surface area contributed by atoms with Gasteiger partial charge in [0, 0.05) is 29.6 Å². The number of rotatable bonds is 6. The molecule has 0 bridgehead atoms. The number of ether oxygens (including phenoxy) is 2. The predicted molar refractivity (Wildman–Crippen MR) is 139 cm³/mol. The van der Waals surface area contributed by atoms with Gasteiger partial charge in [-0.15, -0.1) is 11.3 Å². The SMILES string of the molecule is C[C@@H]1CN(c2cccc(-c3csc(NC(=O)CNC(=O)c4ccc5c(c4)C(F)(F)COC5)n3)n2)C[C@H](C)O1. The van der Waals surface area contributed by atoms with Crippen molar-refractivity contribution in [2.45, 2.75) is 38.6 Å². The lowest BCUT2D eigenvalue weighted by Crippen LogP contribution is -2.45. The van der Waals surface area contributed by atoms with Gasteiger partial charge in [-0.25, -0.2) is 9.97 Å². The number of hydrogen-bond acceptors (Lipinski definition) is 8. The summed E-state index contributed by atoms with van der Waals surface area (Å²) in [6, 6.07) is 9.74. The summed E-state index contributed by atoms with van der Waals surface area (Å²) < 4.78 is 39.0. The second kappa shape index (κ2) is 10.7. The standard InChI is InChI=1S/C26H27F2N5O4S/c1-15-10-33(11-16(2)37-15)22-5-3-4-20(30-22)21-13-38-25(31-21)32-23(34)9-29-24(35)17-6-7-18-12-36-14-26(27,28)19(18)8-17/h3-8,13,15-16H,9-12,14H2,1-2H3,(H,29,35)(H,31,32,34)/t15-,16+. The summed E-state index contributed by atoms with van der Waals surface area (Å²) in [5.74, 6) is -3.46. The fourth-order valence-electron chi connectivity index (χ4n) is 4.53. The summed E-state index contributed by atoms with van der Waals surface area (Å²) in [5.41, 5.74) is 1.44. The molecule has 38 heavy (non-hydrogen) atoms. The van der Waals surface area contributed by atoms with Crippen LogP contribution in [0.5, 0.6) is 0 Å². The van der Waals surface area contributed by atoms with Crippen LogP contribution in [0.15, 0.2) is 41.8 Å². The van der Waals surface area contributed by atoms with Gasteiger partial charge in [-0.3, -0.25) is 9.59 Å². The van der Waals surface area contributed by atoms with E-state index in [0.717, 1.165) is 25.0 Å². The average molecular weight is 544 g/mol. The zero-order valence-corrected chi connectivity index (χ0v) is 21.7. The van der Waals surface area contributed by atoms with E-state index >= 15 is 0 Å². The third kappa shape index (κ3) is 5.82. The molecule has 0 saturated carbocycles. The number of carbonyl (C=O) groups excluding carboxylic acids is 2. The lowest BCUT2D eigenvalue weighted by atomic mass is 9.97. The minimum Gasteiger partial charge on any atom is -0.372 e. The quantitative estimate of drug-likeness (QED) is 0.487. The van der Waals surface area contributed by atoms with Crippen LogP contribution < -0.4 is 15.5 Å². The summed E-state index contributed by atoms with van der Waals surface area (Å²) in [5, 5.41) is 7.27.